The maximum atomic E-state index is 11.9. The minimum Gasteiger partial charge on any atom is -0.412 e. The van der Waals surface area contributed by atoms with E-state index in [4.69, 9.17) is 0 Å². The Morgan fingerprint density at radius 1 is 1.25 bits per heavy atom. The van der Waals surface area contributed by atoms with Crippen LogP contribution in [0.2, 0.25) is 0 Å². The molecule has 0 fully saturated rings. The zero-order valence-electron chi connectivity index (χ0n) is 4.19. The van der Waals surface area contributed by atoms with E-state index in [1.165, 1.54) is 24.3 Å². The first kappa shape index (κ1) is 7.11. The van der Waals surface area contributed by atoms with E-state index in [-0.39, 0.29) is 11.3 Å². The van der Waals surface area contributed by atoms with Crippen LogP contribution in [-0.2, 0) is 0 Å². The molecular weight excluding hydrogens is 107 g/mol. The Morgan fingerprint density at radius 3 is 2.00 bits per heavy atom. The van der Waals surface area contributed by atoms with Gasteiger partial charge in [-0.3, -0.25) is 0 Å². The average molecular weight is 113 g/mol. The van der Waals surface area contributed by atoms with Gasteiger partial charge < -0.3 is 5.48 Å². The number of hydrogen-bond acceptors (Lipinski definition) is 0. The first-order valence-electron chi connectivity index (χ1n) is 2.01. The molecule has 1 aromatic carbocycles. The van der Waals surface area contributed by atoms with Gasteiger partial charge in [0, 0.05) is 0 Å². The molecule has 0 spiro atoms. The third-order valence-electron chi connectivity index (χ3n) is 0.678. The van der Waals surface area contributed by atoms with E-state index >= 15 is 0 Å². The molecule has 43 valence electrons. The van der Waals surface area contributed by atoms with Crippen molar-refractivity contribution in [3.05, 3.63) is 36.1 Å². The van der Waals surface area contributed by atoms with Crippen molar-refractivity contribution in [1.29, 1.82) is 0 Å². The highest BCUT2D eigenvalue weighted by atomic mass is 19.1. The molecule has 0 amide bonds. The molecule has 0 aliphatic carbocycles. The lowest BCUT2D eigenvalue weighted by molar-refractivity contribution is 0.628. The molecule has 0 heterocycles. The molecule has 1 aromatic rings. The van der Waals surface area contributed by atoms with Gasteiger partial charge in [-0.05, 0) is 18.2 Å². The minimum absolute atomic E-state index is 0. The van der Waals surface area contributed by atoms with E-state index in [2.05, 4.69) is 6.07 Å². The van der Waals surface area contributed by atoms with Crippen LogP contribution in [0.15, 0.2) is 24.3 Å². The van der Waals surface area contributed by atoms with Gasteiger partial charge in [0.15, 0.2) is 0 Å². The highest BCUT2D eigenvalue weighted by Crippen LogP contribution is 1.91. The Kier molecular flexibility index (Phi) is 2.80. The average Bonchev–Trinajstić information content (AvgIpc) is 1.69. The van der Waals surface area contributed by atoms with Gasteiger partial charge in [0.25, 0.3) is 0 Å². The molecule has 0 unspecified atom stereocenters. The summed E-state index contributed by atoms with van der Waals surface area (Å²) in [5.41, 5.74) is 0. The molecular formula is C6H6FO. The molecule has 0 aliphatic heterocycles. The molecule has 1 nitrogen and oxygen atoms in total. The summed E-state index contributed by atoms with van der Waals surface area (Å²) < 4.78 is 11.9. The SMILES string of the molecule is Fc1cc[c]cc1.O. The second-order valence-corrected chi connectivity index (χ2v) is 1.22. The van der Waals surface area contributed by atoms with Gasteiger partial charge in [-0.25, -0.2) is 4.39 Å². The molecule has 0 aromatic heterocycles. The molecule has 0 bridgehead atoms. The van der Waals surface area contributed by atoms with Crippen molar-refractivity contribution in [3.63, 3.8) is 0 Å². The maximum absolute atomic E-state index is 11.9. The van der Waals surface area contributed by atoms with Crippen LogP contribution in [0.3, 0.4) is 0 Å². The summed E-state index contributed by atoms with van der Waals surface area (Å²) in [6, 6.07) is 8.49. The van der Waals surface area contributed by atoms with Crippen molar-refractivity contribution >= 4 is 0 Å². The summed E-state index contributed by atoms with van der Waals surface area (Å²) in [4.78, 5) is 0. The summed E-state index contributed by atoms with van der Waals surface area (Å²) in [5, 5.41) is 0. The van der Waals surface area contributed by atoms with Crippen molar-refractivity contribution in [2.45, 2.75) is 0 Å². The van der Waals surface area contributed by atoms with Gasteiger partial charge >= 0.3 is 0 Å². The predicted molar refractivity (Wildman–Crippen MR) is 28.8 cm³/mol. The fraction of sp³-hybridized carbons (Fsp3) is 0. The smallest absolute Gasteiger partial charge is 0.123 e. The molecule has 2 N–H and O–H groups in total. The number of halogens is 1. The fourth-order valence-electron chi connectivity index (χ4n) is 0.367. The zero-order chi connectivity index (χ0) is 5.11. The molecule has 0 saturated heterocycles. The van der Waals surface area contributed by atoms with Crippen molar-refractivity contribution in [1.82, 2.24) is 0 Å². The van der Waals surface area contributed by atoms with Crippen molar-refractivity contribution in [2.24, 2.45) is 0 Å². The normalized spacial score (nSPS) is 7.62. The van der Waals surface area contributed by atoms with Crippen LogP contribution in [-0.4, -0.2) is 5.48 Å². The van der Waals surface area contributed by atoms with Crippen molar-refractivity contribution in [2.75, 3.05) is 0 Å². The number of benzene rings is 1. The van der Waals surface area contributed by atoms with Crippen LogP contribution in [0, 0.1) is 11.9 Å². The maximum Gasteiger partial charge on any atom is 0.123 e. The third-order valence-corrected chi connectivity index (χ3v) is 0.678. The second-order valence-electron chi connectivity index (χ2n) is 1.22. The molecule has 0 aliphatic rings. The molecule has 8 heavy (non-hydrogen) atoms. The largest absolute Gasteiger partial charge is 0.412 e. The van der Waals surface area contributed by atoms with Gasteiger partial charge in [0.1, 0.15) is 5.82 Å². The zero-order valence-corrected chi connectivity index (χ0v) is 4.19. The fourth-order valence-corrected chi connectivity index (χ4v) is 0.367. The van der Waals surface area contributed by atoms with E-state index in [0.29, 0.717) is 0 Å². The monoisotopic (exact) mass is 113 g/mol. The van der Waals surface area contributed by atoms with Crippen LogP contribution in [0.25, 0.3) is 0 Å². The number of hydrogen-bond donors (Lipinski definition) is 0. The Balaban J connectivity index is 0.000000490. The van der Waals surface area contributed by atoms with Gasteiger partial charge in [-0.2, -0.15) is 0 Å². The molecule has 2 heteroatoms. The summed E-state index contributed by atoms with van der Waals surface area (Å²) >= 11 is 0. The minimum atomic E-state index is -0.209. The highest BCUT2D eigenvalue weighted by molar-refractivity contribution is 5.00. The first-order chi connectivity index (χ1) is 3.39. The lowest BCUT2D eigenvalue weighted by atomic mass is 10.4. The molecule has 0 atom stereocenters. The van der Waals surface area contributed by atoms with E-state index < -0.39 is 0 Å². The predicted octanol–water partition coefficient (Wildman–Crippen LogP) is 0.801. The van der Waals surface area contributed by atoms with Gasteiger partial charge in [0.2, 0.25) is 0 Å². The standard InChI is InChI=1S/C6H4F.H2O/c7-6-4-2-1-3-5-6;/h2-5H;1H2. The van der Waals surface area contributed by atoms with E-state index in [1.54, 1.807) is 0 Å². The van der Waals surface area contributed by atoms with Gasteiger partial charge in [-0.15, -0.1) is 0 Å². The molecule has 1 radical (unpaired) electrons. The Hall–Kier alpha value is -0.890. The molecule has 1 rings (SSSR count). The Morgan fingerprint density at radius 2 is 1.75 bits per heavy atom. The lowest BCUT2D eigenvalue weighted by Crippen LogP contribution is -1.64. The summed E-state index contributed by atoms with van der Waals surface area (Å²) in [6.45, 7) is 0. The van der Waals surface area contributed by atoms with Crippen LogP contribution in [0.5, 0.6) is 0 Å². The van der Waals surface area contributed by atoms with Crippen LogP contribution >= 0.6 is 0 Å². The first-order valence-corrected chi connectivity index (χ1v) is 2.01. The second kappa shape index (κ2) is 3.16. The van der Waals surface area contributed by atoms with E-state index in [1.807, 2.05) is 0 Å². The van der Waals surface area contributed by atoms with Crippen LogP contribution < -0.4 is 0 Å². The summed E-state index contributed by atoms with van der Waals surface area (Å²) in [6.07, 6.45) is 0. The van der Waals surface area contributed by atoms with Crippen LogP contribution in [0.1, 0.15) is 0 Å². The number of rotatable bonds is 0. The third kappa shape index (κ3) is 1.71. The van der Waals surface area contributed by atoms with E-state index in [0.717, 1.165) is 0 Å². The van der Waals surface area contributed by atoms with Gasteiger partial charge in [-0.1, -0.05) is 12.1 Å². The topological polar surface area (TPSA) is 31.5 Å². The Bertz CT molecular complexity index is 138. The quantitative estimate of drug-likeness (QED) is 0.476. The van der Waals surface area contributed by atoms with Crippen LogP contribution in [0.4, 0.5) is 4.39 Å². The lowest BCUT2D eigenvalue weighted by Gasteiger charge is -1.77. The Labute approximate surface area is 47.1 Å². The molecule has 0 saturated carbocycles. The summed E-state index contributed by atoms with van der Waals surface area (Å²) in [5.74, 6) is -0.209. The van der Waals surface area contributed by atoms with Crippen molar-refractivity contribution < 1.29 is 9.87 Å². The highest BCUT2D eigenvalue weighted by Gasteiger charge is 1.77. The van der Waals surface area contributed by atoms with Crippen molar-refractivity contribution in [3.8, 4) is 0 Å². The van der Waals surface area contributed by atoms with Gasteiger partial charge in [0.05, 0.1) is 0 Å². The van der Waals surface area contributed by atoms with E-state index in [9.17, 15) is 4.39 Å². The summed E-state index contributed by atoms with van der Waals surface area (Å²) in [7, 11) is 0.